The number of hydrogen-bond donors (Lipinski definition) is 1. The Morgan fingerprint density at radius 1 is 0.900 bits per heavy atom. The third kappa shape index (κ3) is 8.42. The van der Waals surface area contributed by atoms with Crippen LogP contribution in [0, 0.1) is 6.92 Å². The van der Waals surface area contributed by atoms with E-state index in [9.17, 15) is 18.0 Å². The lowest BCUT2D eigenvalue weighted by atomic mass is 10.0. The van der Waals surface area contributed by atoms with Crippen LogP contribution in [0.15, 0.2) is 78.9 Å². The molecule has 0 fully saturated rings. The fourth-order valence-electron chi connectivity index (χ4n) is 4.53. The van der Waals surface area contributed by atoms with Crippen molar-refractivity contribution in [2.24, 2.45) is 0 Å². The summed E-state index contributed by atoms with van der Waals surface area (Å²) >= 11 is 0. The average molecular weight is 564 g/mol. The second kappa shape index (κ2) is 14.1. The van der Waals surface area contributed by atoms with Gasteiger partial charge in [-0.3, -0.25) is 13.9 Å². The Labute approximate surface area is 239 Å². The van der Waals surface area contributed by atoms with Crippen molar-refractivity contribution in [3.8, 4) is 0 Å². The van der Waals surface area contributed by atoms with Crippen LogP contribution in [0.1, 0.15) is 55.4 Å². The minimum Gasteiger partial charge on any atom is -0.354 e. The topological polar surface area (TPSA) is 86.8 Å². The number of carbonyl (C=O) groups excluding carboxylic acids is 2. The molecular weight excluding hydrogens is 522 g/mol. The summed E-state index contributed by atoms with van der Waals surface area (Å²) in [7, 11) is -3.79. The molecular formula is C32H41N3O4S. The molecule has 3 aromatic carbocycles. The number of anilines is 1. The molecule has 1 N–H and O–H groups in total. The van der Waals surface area contributed by atoms with Crippen LogP contribution >= 0.6 is 0 Å². The van der Waals surface area contributed by atoms with E-state index in [0.29, 0.717) is 18.7 Å². The lowest BCUT2D eigenvalue weighted by molar-refractivity contribution is -0.140. The maximum atomic E-state index is 14.1. The number of carbonyl (C=O) groups is 2. The highest BCUT2D eigenvalue weighted by atomic mass is 32.2. The normalized spacial score (nSPS) is 12.2. The first-order valence-corrected chi connectivity index (χ1v) is 15.6. The highest BCUT2D eigenvalue weighted by molar-refractivity contribution is 7.92. The van der Waals surface area contributed by atoms with Gasteiger partial charge in [0.25, 0.3) is 0 Å². The molecule has 0 radical (unpaired) electrons. The van der Waals surface area contributed by atoms with E-state index in [1.165, 1.54) is 4.90 Å². The van der Waals surface area contributed by atoms with E-state index in [1.54, 1.807) is 12.1 Å². The van der Waals surface area contributed by atoms with Gasteiger partial charge < -0.3 is 10.2 Å². The van der Waals surface area contributed by atoms with Crippen LogP contribution < -0.4 is 9.62 Å². The molecule has 7 nitrogen and oxygen atoms in total. The van der Waals surface area contributed by atoms with Crippen LogP contribution in [0.25, 0.3) is 0 Å². The largest absolute Gasteiger partial charge is 0.354 e. The quantitative estimate of drug-likeness (QED) is 0.315. The molecule has 214 valence electrons. The molecule has 0 spiro atoms. The van der Waals surface area contributed by atoms with Crippen molar-refractivity contribution in [2.75, 3.05) is 23.7 Å². The zero-order chi connectivity index (χ0) is 29.3. The molecule has 0 aliphatic rings. The second-order valence-corrected chi connectivity index (χ2v) is 12.4. The van der Waals surface area contributed by atoms with Gasteiger partial charge in [-0.15, -0.1) is 0 Å². The first kappa shape index (κ1) is 30.9. The maximum absolute atomic E-state index is 14.1. The van der Waals surface area contributed by atoms with Crippen molar-refractivity contribution in [1.29, 1.82) is 0 Å². The van der Waals surface area contributed by atoms with Gasteiger partial charge in [0.1, 0.15) is 12.6 Å². The van der Waals surface area contributed by atoms with Gasteiger partial charge in [0.15, 0.2) is 0 Å². The van der Waals surface area contributed by atoms with Gasteiger partial charge in [0.2, 0.25) is 21.8 Å². The maximum Gasteiger partial charge on any atom is 0.244 e. The SMILES string of the molecule is CCCNC(=O)[C@@H](Cc1ccccc1)N(Cc1ccccc1C)C(=O)CN(c1ccc(C(C)C)cc1)S(C)(=O)=O. The van der Waals surface area contributed by atoms with Crippen LogP contribution in [0.4, 0.5) is 5.69 Å². The van der Waals surface area contributed by atoms with Crippen molar-refractivity contribution in [3.05, 3.63) is 101 Å². The number of aryl methyl sites for hydroxylation is 1. The van der Waals surface area contributed by atoms with Gasteiger partial charge in [-0.2, -0.15) is 0 Å². The number of hydrogen-bond acceptors (Lipinski definition) is 4. The minimum absolute atomic E-state index is 0.173. The smallest absolute Gasteiger partial charge is 0.244 e. The number of benzene rings is 3. The van der Waals surface area contributed by atoms with E-state index < -0.39 is 28.5 Å². The Morgan fingerprint density at radius 3 is 2.10 bits per heavy atom. The molecule has 0 saturated heterocycles. The Kier molecular flexibility index (Phi) is 10.9. The third-order valence-electron chi connectivity index (χ3n) is 6.95. The van der Waals surface area contributed by atoms with E-state index in [0.717, 1.165) is 39.2 Å². The molecule has 0 aliphatic carbocycles. The van der Waals surface area contributed by atoms with E-state index in [4.69, 9.17) is 0 Å². The van der Waals surface area contributed by atoms with Crippen LogP contribution in [0.2, 0.25) is 0 Å². The molecule has 40 heavy (non-hydrogen) atoms. The van der Waals surface area contributed by atoms with Gasteiger partial charge in [-0.25, -0.2) is 8.42 Å². The average Bonchev–Trinajstić information content (AvgIpc) is 2.93. The second-order valence-electron chi connectivity index (χ2n) is 10.5. The number of nitrogens with zero attached hydrogens (tertiary/aromatic N) is 2. The summed E-state index contributed by atoms with van der Waals surface area (Å²) in [6.07, 6.45) is 2.15. The summed E-state index contributed by atoms with van der Waals surface area (Å²) in [5.74, 6) is -0.429. The molecule has 1 atom stereocenters. The highest BCUT2D eigenvalue weighted by Gasteiger charge is 2.33. The Bertz CT molecular complexity index is 1370. The summed E-state index contributed by atoms with van der Waals surface area (Å²) in [4.78, 5) is 29.2. The van der Waals surface area contributed by atoms with Crippen molar-refractivity contribution < 1.29 is 18.0 Å². The summed E-state index contributed by atoms with van der Waals surface area (Å²) in [6.45, 7) is 8.29. The molecule has 0 saturated carbocycles. The summed E-state index contributed by atoms with van der Waals surface area (Å²) in [6, 6.07) is 23.6. The molecule has 0 heterocycles. The minimum atomic E-state index is -3.79. The lowest BCUT2D eigenvalue weighted by Crippen LogP contribution is -2.53. The molecule has 3 aromatic rings. The Balaban J connectivity index is 2.04. The monoisotopic (exact) mass is 563 g/mol. The van der Waals surface area contributed by atoms with Gasteiger partial charge in [0.05, 0.1) is 11.9 Å². The fraction of sp³-hybridized carbons (Fsp3) is 0.375. The van der Waals surface area contributed by atoms with Crippen LogP contribution in [-0.2, 0) is 32.6 Å². The van der Waals surface area contributed by atoms with Gasteiger partial charge >= 0.3 is 0 Å². The van der Waals surface area contributed by atoms with Crippen LogP contribution in [-0.4, -0.2) is 50.5 Å². The zero-order valence-corrected chi connectivity index (χ0v) is 24.9. The van der Waals surface area contributed by atoms with Gasteiger partial charge in [0, 0.05) is 19.5 Å². The Hall–Kier alpha value is -3.65. The van der Waals surface area contributed by atoms with Gasteiger partial charge in [-0.05, 0) is 53.6 Å². The van der Waals surface area contributed by atoms with E-state index in [-0.39, 0.29) is 18.4 Å². The number of sulfonamides is 1. The zero-order valence-electron chi connectivity index (χ0n) is 24.1. The molecule has 0 aromatic heterocycles. The van der Waals surface area contributed by atoms with Crippen molar-refractivity contribution in [1.82, 2.24) is 10.2 Å². The predicted molar refractivity (Wildman–Crippen MR) is 162 cm³/mol. The summed E-state index contributed by atoms with van der Waals surface area (Å²) in [5.41, 5.74) is 4.26. The van der Waals surface area contributed by atoms with Gasteiger partial charge in [-0.1, -0.05) is 87.5 Å². The number of nitrogens with one attached hydrogen (secondary N) is 1. The van der Waals surface area contributed by atoms with Crippen LogP contribution in [0.3, 0.4) is 0 Å². The first-order chi connectivity index (χ1) is 19.0. The van der Waals surface area contributed by atoms with Crippen molar-refractivity contribution in [2.45, 2.75) is 59.0 Å². The molecule has 0 unspecified atom stereocenters. The van der Waals surface area contributed by atoms with Crippen molar-refractivity contribution >= 4 is 27.5 Å². The van der Waals surface area contributed by atoms with Crippen molar-refractivity contribution in [3.63, 3.8) is 0 Å². The standard InChI is InChI=1S/C32H41N3O4S/c1-6-20-33-32(37)30(21-26-13-8-7-9-14-26)34(22-28-15-11-10-12-25(28)4)31(36)23-35(40(5,38)39)29-18-16-27(17-19-29)24(2)3/h7-19,24,30H,6,20-23H2,1-5H3,(H,33,37)/t30-/m1/s1. The molecule has 8 heteroatoms. The van der Waals surface area contributed by atoms with E-state index in [2.05, 4.69) is 19.2 Å². The fourth-order valence-corrected chi connectivity index (χ4v) is 5.38. The molecule has 0 bridgehead atoms. The highest BCUT2D eigenvalue weighted by Crippen LogP contribution is 2.23. The summed E-state index contributed by atoms with van der Waals surface area (Å²) in [5, 5.41) is 2.96. The number of amides is 2. The predicted octanol–water partition coefficient (Wildman–Crippen LogP) is 5.05. The Morgan fingerprint density at radius 2 is 1.52 bits per heavy atom. The first-order valence-electron chi connectivity index (χ1n) is 13.7. The van der Waals surface area contributed by atoms with E-state index in [1.807, 2.05) is 80.6 Å². The van der Waals surface area contributed by atoms with E-state index >= 15 is 0 Å². The van der Waals surface area contributed by atoms with Crippen LogP contribution in [0.5, 0.6) is 0 Å². The molecule has 2 amide bonds. The lowest BCUT2D eigenvalue weighted by Gasteiger charge is -2.34. The third-order valence-corrected chi connectivity index (χ3v) is 8.09. The molecule has 3 rings (SSSR count). The number of rotatable bonds is 13. The summed E-state index contributed by atoms with van der Waals surface area (Å²) < 4.78 is 27.0. The molecule has 0 aliphatic heterocycles.